The van der Waals surface area contributed by atoms with E-state index in [0.29, 0.717) is 35.8 Å². The topological polar surface area (TPSA) is 68.2 Å². The lowest BCUT2D eigenvalue weighted by Crippen LogP contribution is -2.34. The summed E-state index contributed by atoms with van der Waals surface area (Å²) in [4.78, 5) is 0. The molecule has 1 unspecified atom stereocenters. The van der Waals surface area contributed by atoms with Crippen molar-refractivity contribution in [1.29, 1.82) is 0 Å². The Labute approximate surface area is 207 Å². The Morgan fingerprint density at radius 1 is 1.00 bits per heavy atom. The van der Waals surface area contributed by atoms with E-state index in [1.54, 1.807) is 7.11 Å². The van der Waals surface area contributed by atoms with Crippen molar-refractivity contribution in [3.05, 3.63) is 89.0 Å². The maximum Gasteiger partial charge on any atom is 0.131 e. The molecule has 0 amide bonds. The molecule has 5 heteroatoms. The van der Waals surface area contributed by atoms with Crippen LogP contribution in [0, 0.1) is 0 Å². The number of aromatic hydroxyl groups is 1. The van der Waals surface area contributed by atoms with Crippen molar-refractivity contribution in [2.24, 2.45) is 0 Å². The van der Waals surface area contributed by atoms with Gasteiger partial charge in [0.1, 0.15) is 35.2 Å². The molecule has 0 bridgehead atoms. The summed E-state index contributed by atoms with van der Waals surface area (Å²) in [6.45, 7) is 4.52. The Balaban J connectivity index is 1.60. The molecule has 0 aliphatic carbocycles. The summed E-state index contributed by atoms with van der Waals surface area (Å²) in [6.07, 6.45) is 6.17. The number of rotatable bonds is 10. The van der Waals surface area contributed by atoms with Crippen LogP contribution in [-0.2, 0) is 13.0 Å². The van der Waals surface area contributed by atoms with Gasteiger partial charge in [-0.2, -0.15) is 0 Å². The smallest absolute Gasteiger partial charge is 0.131 e. The van der Waals surface area contributed by atoms with Crippen LogP contribution < -0.4 is 14.2 Å². The van der Waals surface area contributed by atoms with Gasteiger partial charge in [-0.15, -0.1) is 0 Å². The summed E-state index contributed by atoms with van der Waals surface area (Å²) in [7, 11) is 1.62. The second kappa shape index (κ2) is 10.9. The van der Waals surface area contributed by atoms with Crippen LogP contribution in [0.2, 0.25) is 0 Å². The van der Waals surface area contributed by atoms with Crippen molar-refractivity contribution in [3.8, 4) is 23.0 Å². The number of aliphatic hydroxyl groups is 1. The molecule has 0 saturated heterocycles. The molecule has 4 rings (SSSR count). The molecule has 35 heavy (non-hydrogen) atoms. The van der Waals surface area contributed by atoms with Crippen LogP contribution >= 0.6 is 0 Å². The van der Waals surface area contributed by atoms with Crippen molar-refractivity contribution in [2.45, 2.75) is 51.2 Å². The second-order valence-electron chi connectivity index (χ2n) is 8.95. The number of hydrogen-bond acceptors (Lipinski definition) is 5. The van der Waals surface area contributed by atoms with Crippen LogP contribution in [0.1, 0.15) is 54.9 Å². The van der Waals surface area contributed by atoms with E-state index < -0.39 is 0 Å². The molecule has 3 aromatic carbocycles. The minimum atomic E-state index is -0.331. The predicted octanol–water partition coefficient (Wildman–Crippen LogP) is 6.26. The van der Waals surface area contributed by atoms with E-state index >= 15 is 0 Å². The van der Waals surface area contributed by atoms with Gasteiger partial charge in [-0.05, 0) is 54.7 Å². The van der Waals surface area contributed by atoms with Crippen LogP contribution in [0.3, 0.4) is 0 Å². The van der Waals surface area contributed by atoms with Gasteiger partial charge in [0.25, 0.3) is 0 Å². The fourth-order valence-electron chi connectivity index (χ4n) is 4.55. The number of aliphatic hydroxyl groups excluding tert-OH is 1. The highest BCUT2D eigenvalue weighted by molar-refractivity contribution is 5.69. The average Bonchev–Trinajstić information content (AvgIpc) is 2.92. The normalized spacial score (nSPS) is 14.6. The zero-order valence-corrected chi connectivity index (χ0v) is 20.7. The second-order valence-corrected chi connectivity index (χ2v) is 8.95. The van der Waals surface area contributed by atoms with E-state index in [9.17, 15) is 10.2 Å². The Morgan fingerprint density at radius 2 is 1.77 bits per heavy atom. The summed E-state index contributed by atoms with van der Waals surface area (Å²) in [5.74, 6) is 1.95. The molecule has 2 N–H and O–H groups in total. The molecule has 0 aromatic heterocycles. The molecule has 0 saturated carbocycles. The van der Waals surface area contributed by atoms with Crippen molar-refractivity contribution in [2.75, 3.05) is 13.7 Å². The van der Waals surface area contributed by atoms with Crippen molar-refractivity contribution in [3.63, 3.8) is 0 Å². The van der Waals surface area contributed by atoms with Gasteiger partial charge in [0.15, 0.2) is 0 Å². The molecular weight excluding hydrogens is 440 g/mol. The summed E-state index contributed by atoms with van der Waals surface area (Å²) in [6, 6.07) is 19.4. The first-order chi connectivity index (χ1) is 17.0. The van der Waals surface area contributed by atoms with Crippen molar-refractivity contribution in [1.82, 2.24) is 0 Å². The Hall–Kier alpha value is -3.44. The molecule has 184 valence electrons. The third-order valence-electron chi connectivity index (χ3n) is 6.91. The van der Waals surface area contributed by atoms with E-state index in [-0.39, 0.29) is 23.9 Å². The van der Waals surface area contributed by atoms with Gasteiger partial charge >= 0.3 is 0 Å². The summed E-state index contributed by atoms with van der Waals surface area (Å²) >= 11 is 0. The van der Waals surface area contributed by atoms with E-state index in [0.717, 1.165) is 29.5 Å². The third kappa shape index (κ3) is 5.30. The molecule has 1 aliphatic heterocycles. The van der Waals surface area contributed by atoms with Gasteiger partial charge in [0, 0.05) is 17.5 Å². The first-order valence-corrected chi connectivity index (χ1v) is 12.2. The van der Waals surface area contributed by atoms with E-state index in [2.05, 4.69) is 13.8 Å². The van der Waals surface area contributed by atoms with Gasteiger partial charge in [0.05, 0.1) is 19.3 Å². The Morgan fingerprint density at radius 3 is 2.46 bits per heavy atom. The minimum Gasteiger partial charge on any atom is -0.507 e. The molecule has 0 radical (unpaired) electrons. The summed E-state index contributed by atoms with van der Waals surface area (Å²) < 4.78 is 17.8. The number of fused-ring (bicyclic) bond motifs is 1. The van der Waals surface area contributed by atoms with Crippen molar-refractivity contribution < 1.29 is 24.4 Å². The fraction of sp³-hybridized carbons (Fsp3) is 0.333. The molecule has 1 heterocycles. The SMILES string of the molecule is CCC1(CC)C=Cc2c(ccc(CC(CO)c3ccc(OC)cc3OCc3ccccc3)c2O)O1. The van der Waals surface area contributed by atoms with Crippen LogP contribution in [0.15, 0.2) is 66.7 Å². The lowest BCUT2D eigenvalue weighted by Gasteiger charge is -2.34. The molecule has 3 aromatic rings. The Bertz CT molecular complexity index is 1160. The highest BCUT2D eigenvalue weighted by Gasteiger charge is 2.31. The number of methoxy groups -OCH3 is 1. The summed E-state index contributed by atoms with van der Waals surface area (Å²) in [5, 5.41) is 21.4. The highest BCUT2D eigenvalue weighted by Crippen LogP contribution is 2.42. The molecule has 1 aliphatic rings. The predicted molar refractivity (Wildman–Crippen MR) is 138 cm³/mol. The lowest BCUT2D eigenvalue weighted by atomic mass is 9.88. The van der Waals surface area contributed by atoms with E-state index in [1.807, 2.05) is 72.8 Å². The quantitative estimate of drug-likeness (QED) is 0.363. The van der Waals surface area contributed by atoms with Crippen LogP contribution in [0.4, 0.5) is 0 Å². The molecule has 1 atom stereocenters. The van der Waals surface area contributed by atoms with Gasteiger partial charge in [0.2, 0.25) is 0 Å². The highest BCUT2D eigenvalue weighted by atomic mass is 16.5. The number of benzene rings is 3. The number of phenolic OH excluding ortho intramolecular Hbond substituents is 1. The first-order valence-electron chi connectivity index (χ1n) is 12.2. The molecular formula is C30H34O5. The first kappa shape index (κ1) is 24.7. The van der Waals surface area contributed by atoms with Crippen LogP contribution in [-0.4, -0.2) is 29.5 Å². The van der Waals surface area contributed by atoms with Crippen LogP contribution in [0.25, 0.3) is 6.08 Å². The lowest BCUT2D eigenvalue weighted by molar-refractivity contribution is 0.108. The number of ether oxygens (including phenoxy) is 3. The van der Waals surface area contributed by atoms with Gasteiger partial charge in [-0.1, -0.05) is 56.3 Å². The van der Waals surface area contributed by atoms with Crippen LogP contribution in [0.5, 0.6) is 23.0 Å². The van der Waals surface area contributed by atoms with Crippen molar-refractivity contribution >= 4 is 6.08 Å². The zero-order chi connectivity index (χ0) is 24.8. The Kier molecular flexibility index (Phi) is 7.67. The maximum absolute atomic E-state index is 11.1. The molecule has 5 nitrogen and oxygen atoms in total. The monoisotopic (exact) mass is 474 g/mol. The van der Waals surface area contributed by atoms with E-state index in [1.165, 1.54) is 0 Å². The van der Waals surface area contributed by atoms with E-state index in [4.69, 9.17) is 14.2 Å². The minimum absolute atomic E-state index is 0.0916. The average molecular weight is 475 g/mol. The molecule has 0 spiro atoms. The standard InChI is InChI=1S/C30H34O5/c1-4-30(5-2)16-15-26-27(35-30)14-11-22(29(26)32)17-23(19-31)25-13-12-24(33-3)18-28(25)34-20-21-9-7-6-8-10-21/h6-16,18,23,31-32H,4-5,17,19-20H2,1-3H3. The largest absolute Gasteiger partial charge is 0.507 e. The summed E-state index contributed by atoms with van der Waals surface area (Å²) in [5.41, 5.74) is 3.02. The number of hydrogen-bond donors (Lipinski definition) is 2. The van der Waals surface area contributed by atoms with Gasteiger partial charge in [-0.25, -0.2) is 0 Å². The third-order valence-corrected chi connectivity index (χ3v) is 6.91. The fourth-order valence-corrected chi connectivity index (χ4v) is 4.55. The molecule has 0 fully saturated rings. The maximum atomic E-state index is 11.1. The van der Waals surface area contributed by atoms with Gasteiger partial charge < -0.3 is 24.4 Å². The van der Waals surface area contributed by atoms with Gasteiger partial charge in [-0.3, -0.25) is 0 Å². The number of phenols is 1. The zero-order valence-electron chi connectivity index (χ0n) is 20.7.